The molecule has 0 N–H and O–H groups in total. The minimum absolute atomic E-state index is 0.0917. The van der Waals surface area contributed by atoms with Crippen molar-refractivity contribution in [2.75, 3.05) is 25.6 Å². The van der Waals surface area contributed by atoms with E-state index in [0.29, 0.717) is 6.61 Å². The Balaban J connectivity index is 1.23. The lowest BCUT2D eigenvalue weighted by Gasteiger charge is -2.44. The quantitative estimate of drug-likeness (QED) is 0.430. The average molecular weight is 465 g/mol. The first-order chi connectivity index (χ1) is 17.1. The van der Waals surface area contributed by atoms with Gasteiger partial charge >= 0.3 is 6.09 Å². The molecule has 3 aromatic rings. The minimum atomic E-state index is -0.169. The molecule has 178 valence electrons. The predicted molar refractivity (Wildman–Crippen MR) is 142 cm³/mol. The van der Waals surface area contributed by atoms with E-state index in [2.05, 4.69) is 97.9 Å². The molecular weight excluding hydrogens is 432 g/mol. The zero-order valence-electron chi connectivity index (χ0n) is 20.5. The van der Waals surface area contributed by atoms with Gasteiger partial charge in [-0.05, 0) is 59.6 Å². The molecule has 0 saturated carbocycles. The van der Waals surface area contributed by atoms with Gasteiger partial charge in [0.2, 0.25) is 0 Å². The second-order valence-corrected chi connectivity index (χ2v) is 10.2. The van der Waals surface area contributed by atoms with Crippen LogP contribution in [0.3, 0.4) is 0 Å². The first-order valence-electron chi connectivity index (χ1n) is 12.7. The fourth-order valence-electron chi connectivity index (χ4n) is 6.32. The van der Waals surface area contributed by atoms with Gasteiger partial charge in [-0.2, -0.15) is 0 Å². The summed E-state index contributed by atoms with van der Waals surface area (Å²) >= 11 is 0. The molecule has 0 aromatic heterocycles. The second kappa shape index (κ2) is 8.92. The lowest BCUT2D eigenvalue weighted by atomic mass is 9.82. The van der Waals surface area contributed by atoms with Gasteiger partial charge in [0.1, 0.15) is 6.61 Å². The van der Waals surface area contributed by atoms with E-state index < -0.39 is 0 Å². The van der Waals surface area contributed by atoms with Crippen molar-refractivity contribution in [3.8, 4) is 11.1 Å². The summed E-state index contributed by atoms with van der Waals surface area (Å²) in [7, 11) is 4.18. The fraction of sp³-hybridized carbons (Fsp3) is 0.323. The number of benzene rings is 3. The van der Waals surface area contributed by atoms with Crippen LogP contribution in [-0.2, 0) is 4.74 Å². The summed E-state index contributed by atoms with van der Waals surface area (Å²) in [5, 5.41) is 0. The molecule has 0 spiro atoms. The first kappa shape index (κ1) is 22.0. The van der Waals surface area contributed by atoms with Crippen molar-refractivity contribution in [2.24, 2.45) is 0 Å². The largest absolute Gasteiger partial charge is 0.448 e. The van der Waals surface area contributed by atoms with E-state index in [0.717, 1.165) is 25.7 Å². The number of fused-ring (bicyclic) bond motifs is 5. The van der Waals surface area contributed by atoms with Crippen LogP contribution in [0, 0.1) is 0 Å². The molecule has 1 amide bonds. The van der Waals surface area contributed by atoms with Crippen LogP contribution in [0.4, 0.5) is 10.5 Å². The number of amides is 1. The maximum Gasteiger partial charge on any atom is 0.410 e. The minimum Gasteiger partial charge on any atom is -0.448 e. The van der Waals surface area contributed by atoms with Gasteiger partial charge in [-0.1, -0.05) is 72.8 Å². The van der Waals surface area contributed by atoms with Crippen LogP contribution < -0.4 is 4.90 Å². The summed E-state index contributed by atoms with van der Waals surface area (Å²) in [4.78, 5) is 17.7. The van der Waals surface area contributed by atoms with Gasteiger partial charge in [0.15, 0.2) is 0 Å². The van der Waals surface area contributed by atoms with E-state index >= 15 is 0 Å². The summed E-state index contributed by atoms with van der Waals surface area (Å²) in [5.41, 5.74) is 8.88. The normalized spacial score (nSPS) is 20.6. The molecule has 3 aromatic carbocycles. The van der Waals surface area contributed by atoms with Gasteiger partial charge < -0.3 is 9.64 Å². The number of anilines is 1. The molecule has 2 unspecified atom stereocenters. The monoisotopic (exact) mass is 464 g/mol. The highest BCUT2D eigenvalue weighted by molar-refractivity contribution is 5.81. The third-order valence-electron chi connectivity index (χ3n) is 7.92. The molecule has 1 saturated heterocycles. The van der Waals surface area contributed by atoms with Crippen LogP contribution in [0.2, 0.25) is 0 Å². The topological polar surface area (TPSA) is 32.8 Å². The van der Waals surface area contributed by atoms with Crippen LogP contribution in [0.1, 0.15) is 48.3 Å². The third-order valence-corrected chi connectivity index (χ3v) is 7.92. The Hall–Kier alpha value is -3.53. The van der Waals surface area contributed by atoms with E-state index in [1.165, 1.54) is 39.1 Å². The smallest absolute Gasteiger partial charge is 0.410 e. The number of rotatable bonds is 4. The number of carbonyl (C=O) groups is 1. The van der Waals surface area contributed by atoms with Gasteiger partial charge in [-0.3, -0.25) is 4.90 Å². The zero-order valence-corrected chi connectivity index (χ0v) is 20.5. The van der Waals surface area contributed by atoms with Crippen LogP contribution >= 0.6 is 0 Å². The second-order valence-electron chi connectivity index (χ2n) is 10.2. The van der Waals surface area contributed by atoms with Gasteiger partial charge in [0.25, 0.3) is 0 Å². The van der Waals surface area contributed by atoms with Crippen molar-refractivity contribution >= 4 is 17.4 Å². The predicted octanol–water partition coefficient (Wildman–Crippen LogP) is 6.71. The maximum absolute atomic E-state index is 13.5. The standard InChI is InChI=1S/C31H32N2O2/c1-32(2)30-17-8-7-12-24(30)21-18-22-10-9-11-23(19-21)33(22)31(34)35-20-29-27-15-5-3-13-25(27)26-14-4-6-16-28(26)29/h3-8,12-18,22-23,29H,9-11,19-20H2,1-2H3. The van der Waals surface area contributed by atoms with E-state index in [4.69, 9.17) is 4.74 Å². The Morgan fingerprint density at radius 2 is 1.51 bits per heavy atom. The molecule has 2 bridgehead atoms. The summed E-state index contributed by atoms with van der Waals surface area (Å²) in [6.07, 6.45) is 6.21. The van der Waals surface area contributed by atoms with Gasteiger partial charge in [0, 0.05) is 37.3 Å². The zero-order chi connectivity index (χ0) is 23.9. The molecule has 2 aliphatic heterocycles. The number of para-hydroxylation sites is 1. The molecule has 35 heavy (non-hydrogen) atoms. The van der Waals surface area contributed by atoms with E-state index in [-0.39, 0.29) is 24.1 Å². The molecule has 4 heteroatoms. The Morgan fingerprint density at radius 1 is 0.886 bits per heavy atom. The van der Waals surface area contributed by atoms with Crippen molar-refractivity contribution in [1.82, 2.24) is 4.90 Å². The molecule has 2 heterocycles. The Kier molecular flexibility index (Phi) is 5.60. The number of carbonyl (C=O) groups excluding carboxylic acids is 1. The molecule has 1 fully saturated rings. The number of piperidine rings is 1. The van der Waals surface area contributed by atoms with Crippen molar-refractivity contribution in [3.63, 3.8) is 0 Å². The molecule has 6 rings (SSSR count). The van der Waals surface area contributed by atoms with Crippen LogP contribution in [-0.4, -0.2) is 43.8 Å². The van der Waals surface area contributed by atoms with Crippen molar-refractivity contribution in [2.45, 2.75) is 43.7 Å². The molecule has 1 aliphatic carbocycles. The highest BCUT2D eigenvalue weighted by atomic mass is 16.6. The summed E-state index contributed by atoms with van der Waals surface area (Å²) in [6.45, 7) is 0.378. The average Bonchev–Trinajstić information content (AvgIpc) is 3.20. The number of ether oxygens (including phenoxy) is 1. The maximum atomic E-state index is 13.5. The van der Waals surface area contributed by atoms with Crippen LogP contribution in [0.5, 0.6) is 0 Å². The van der Waals surface area contributed by atoms with Crippen LogP contribution in [0.25, 0.3) is 16.7 Å². The number of hydrogen-bond donors (Lipinski definition) is 0. The van der Waals surface area contributed by atoms with Gasteiger partial charge in [-0.15, -0.1) is 0 Å². The highest BCUT2D eigenvalue weighted by Gasteiger charge is 2.39. The van der Waals surface area contributed by atoms with Crippen molar-refractivity contribution in [3.05, 3.63) is 95.6 Å². The molecule has 0 radical (unpaired) electrons. The highest BCUT2D eigenvalue weighted by Crippen LogP contribution is 2.45. The first-order valence-corrected chi connectivity index (χ1v) is 12.7. The van der Waals surface area contributed by atoms with Gasteiger partial charge in [0.05, 0.1) is 6.04 Å². The van der Waals surface area contributed by atoms with E-state index in [9.17, 15) is 4.79 Å². The Bertz CT molecular complexity index is 1250. The summed E-state index contributed by atoms with van der Waals surface area (Å²) in [5.74, 6) is 0.0917. The molecule has 3 aliphatic rings. The molecular formula is C31H32N2O2. The van der Waals surface area contributed by atoms with E-state index in [1.54, 1.807) is 0 Å². The fourth-order valence-corrected chi connectivity index (χ4v) is 6.32. The van der Waals surface area contributed by atoms with E-state index in [1.807, 2.05) is 4.90 Å². The summed E-state index contributed by atoms with van der Waals surface area (Å²) in [6, 6.07) is 25.9. The number of nitrogens with zero attached hydrogens (tertiary/aromatic N) is 2. The Labute approximate surface area is 207 Å². The molecule has 4 nitrogen and oxygen atoms in total. The van der Waals surface area contributed by atoms with Crippen molar-refractivity contribution in [1.29, 1.82) is 0 Å². The number of hydrogen-bond acceptors (Lipinski definition) is 3. The third kappa shape index (κ3) is 3.81. The van der Waals surface area contributed by atoms with Crippen LogP contribution in [0.15, 0.2) is 78.9 Å². The lowest BCUT2D eigenvalue weighted by molar-refractivity contribution is 0.0539. The lowest BCUT2D eigenvalue weighted by Crippen LogP contribution is -2.52. The molecule has 2 atom stereocenters. The Morgan fingerprint density at radius 3 is 2.17 bits per heavy atom. The summed E-state index contributed by atoms with van der Waals surface area (Å²) < 4.78 is 6.07. The van der Waals surface area contributed by atoms with Crippen molar-refractivity contribution < 1.29 is 9.53 Å². The SMILES string of the molecule is CN(C)c1ccccc1C1=CC2CCCC(C1)N2C(=O)OCC1c2ccccc2-c2ccccc21. The van der Waals surface area contributed by atoms with Gasteiger partial charge in [-0.25, -0.2) is 4.79 Å².